The van der Waals surface area contributed by atoms with Crippen LogP contribution in [0.4, 0.5) is 0 Å². The highest BCUT2D eigenvalue weighted by Gasteiger charge is 2.30. The normalized spacial score (nSPS) is 13.4. The summed E-state index contributed by atoms with van der Waals surface area (Å²) in [6, 6.07) is 0. The lowest BCUT2D eigenvalue weighted by atomic mass is 10.1. The van der Waals surface area contributed by atoms with Crippen molar-refractivity contribution in [3.63, 3.8) is 0 Å². The van der Waals surface area contributed by atoms with Crippen LogP contribution in [0.25, 0.3) is 0 Å². The van der Waals surface area contributed by atoms with Gasteiger partial charge in [-0.25, -0.2) is 0 Å². The molecule has 0 N–H and O–H groups in total. The molecule has 0 saturated heterocycles. The van der Waals surface area contributed by atoms with Gasteiger partial charge >= 0.3 is 9.57 Å². The van der Waals surface area contributed by atoms with Gasteiger partial charge in [-0.2, -0.15) is 0 Å². The van der Waals surface area contributed by atoms with Crippen molar-refractivity contribution in [1.29, 1.82) is 0 Å². The number of rotatable bonds is 1. The highest BCUT2D eigenvalue weighted by molar-refractivity contribution is 6.06. The van der Waals surface area contributed by atoms with Gasteiger partial charge in [0, 0.05) is 0 Å². The Labute approximate surface area is 59.4 Å². The van der Waals surface area contributed by atoms with Gasteiger partial charge < -0.3 is 8.61 Å². The second kappa shape index (κ2) is 2.31. The Hall–Kier alpha value is -0.0231. The van der Waals surface area contributed by atoms with Gasteiger partial charge in [0.15, 0.2) is 0 Å². The van der Waals surface area contributed by atoms with E-state index in [1.54, 1.807) is 0 Å². The van der Waals surface area contributed by atoms with Crippen LogP contribution in [0.15, 0.2) is 0 Å². The molecule has 0 unspecified atom stereocenters. The lowest BCUT2D eigenvalue weighted by Gasteiger charge is -2.37. The standard InChI is InChI=1S/C6H16NOSi/c1-6(2,3)7(4,5)9-8/h9H,1-5H3/q+1. The Morgan fingerprint density at radius 1 is 1.22 bits per heavy atom. The zero-order valence-corrected chi connectivity index (χ0v) is 8.09. The average Bonchev–Trinajstić information content (AvgIpc) is 1.64. The third-order valence-corrected chi connectivity index (χ3v) is 3.29. The number of hydrogen-bond donors (Lipinski definition) is 0. The van der Waals surface area contributed by atoms with E-state index in [9.17, 15) is 4.46 Å². The first kappa shape index (κ1) is 8.98. The fraction of sp³-hybridized carbons (Fsp3) is 1.00. The van der Waals surface area contributed by atoms with Crippen LogP contribution in [0, 0.1) is 0 Å². The molecule has 0 heterocycles. The van der Waals surface area contributed by atoms with Gasteiger partial charge in [-0.3, -0.25) is 0 Å². The monoisotopic (exact) mass is 146 g/mol. The average molecular weight is 146 g/mol. The Morgan fingerprint density at radius 3 is 1.56 bits per heavy atom. The van der Waals surface area contributed by atoms with Crippen molar-refractivity contribution in [2.45, 2.75) is 26.3 Å². The predicted molar refractivity (Wildman–Crippen MR) is 39.7 cm³/mol. The molecule has 0 rings (SSSR count). The summed E-state index contributed by atoms with van der Waals surface area (Å²) in [6.45, 7) is 6.29. The van der Waals surface area contributed by atoms with Crippen LogP contribution in [0.5, 0.6) is 0 Å². The van der Waals surface area contributed by atoms with E-state index in [0.29, 0.717) is 4.15 Å². The van der Waals surface area contributed by atoms with Crippen LogP contribution in [0.1, 0.15) is 20.8 Å². The van der Waals surface area contributed by atoms with Crippen molar-refractivity contribution >= 4 is 9.57 Å². The van der Waals surface area contributed by atoms with Crippen LogP contribution in [0.2, 0.25) is 0 Å². The van der Waals surface area contributed by atoms with E-state index in [2.05, 4.69) is 20.8 Å². The molecule has 54 valence electrons. The summed E-state index contributed by atoms with van der Waals surface area (Å²) in [4.78, 5) is 0. The minimum Gasteiger partial charge on any atom is -0.331 e. The first-order valence-electron chi connectivity index (χ1n) is 3.11. The van der Waals surface area contributed by atoms with Gasteiger partial charge in [0.05, 0.1) is 19.6 Å². The second-order valence-corrected chi connectivity index (χ2v) is 5.32. The molecular formula is C6H16NOSi+. The number of nitrogens with zero attached hydrogens (tertiary/aromatic N) is 1. The highest BCUT2D eigenvalue weighted by Crippen LogP contribution is 2.14. The Kier molecular flexibility index (Phi) is 2.30. The van der Waals surface area contributed by atoms with E-state index in [1.807, 2.05) is 14.1 Å². The first-order valence-corrected chi connectivity index (χ1v) is 4.10. The van der Waals surface area contributed by atoms with Gasteiger partial charge in [-0.05, 0) is 20.8 Å². The van der Waals surface area contributed by atoms with Crippen molar-refractivity contribution in [2.24, 2.45) is 0 Å². The molecule has 0 spiro atoms. The van der Waals surface area contributed by atoms with Gasteiger partial charge in [0.1, 0.15) is 0 Å². The molecule has 0 aromatic heterocycles. The molecule has 0 amide bonds. The van der Waals surface area contributed by atoms with Crippen LogP contribution in [-0.2, 0) is 4.46 Å². The largest absolute Gasteiger partial charge is 0.538 e. The van der Waals surface area contributed by atoms with Gasteiger partial charge in [0.2, 0.25) is 0 Å². The maximum atomic E-state index is 10.7. The maximum Gasteiger partial charge on any atom is 0.538 e. The zero-order chi connectivity index (χ0) is 7.71. The summed E-state index contributed by atoms with van der Waals surface area (Å²) in [5, 5.41) is 0. The maximum absolute atomic E-state index is 10.7. The van der Waals surface area contributed by atoms with Crippen LogP contribution >= 0.6 is 0 Å². The molecular weight excluding hydrogens is 130 g/mol. The second-order valence-electron chi connectivity index (χ2n) is 3.82. The molecule has 0 fully saturated rings. The zero-order valence-electron chi connectivity index (χ0n) is 6.93. The van der Waals surface area contributed by atoms with Gasteiger partial charge in [-0.15, -0.1) is 0 Å². The topological polar surface area (TPSA) is 17.1 Å². The molecule has 2 nitrogen and oxygen atoms in total. The van der Waals surface area contributed by atoms with Crippen molar-refractivity contribution in [3.05, 3.63) is 0 Å². The molecule has 0 aliphatic carbocycles. The molecule has 0 atom stereocenters. The van der Waals surface area contributed by atoms with Gasteiger partial charge in [0.25, 0.3) is 0 Å². The van der Waals surface area contributed by atoms with E-state index in [1.165, 1.54) is 0 Å². The quantitative estimate of drug-likeness (QED) is 0.494. The summed E-state index contributed by atoms with van der Waals surface area (Å²) in [6.07, 6.45) is 0. The van der Waals surface area contributed by atoms with Crippen molar-refractivity contribution < 1.29 is 8.61 Å². The van der Waals surface area contributed by atoms with Gasteiger partial charge in [-0.1, -0.05) is 0 Å². The van der Waals surface area contributed by atoms with E-state index >= 15 is 0 Å². The lowest BCUT2D eigenvalue weighted by molar-refractivity contribution is -0.832. The summed E-state index contributed by atoms with van der Waals surface area (Å²) in [7, 11) is 3.25. The van der Waals surface area contributed by atoms with E-state index in [0.717, 1.165) is 0 Å². The van der Waals surface area contributed by atoms with Crippen molar-refractivity contribution in [2.75, 3.05) is 14.1 Å². The third kappa shape index (κ3) is 1.99. The third-order valence-electron chi connectivity index (χ3n) is 1.99. The molecule has 0 aromatic rings. The Morgan fingerprint density at radius 2 is 1.56 bits per heavy atom. The van der Waals surface area contributed by atoms with Crippen molar-refractivity contribution in [1.82, 2.24) is 0 Å². The predicted octanol–water partition coefficient (Wildman–Crippen LogP) is 0.558. The molecule has 0 bridgehead atoms. The van der Waals surface area contributed by atoms with Crippen LogP contribution < -0.4 is 0 Å². The molecule has 3 heteroatoms. The smallest absolute Gasteiger partial charge is 0.331 e. The van der Waals surface area contributed by atoms with E-state index in [4.69, 9.17) is 0 Å². The van der Waals surface area contributed by atoms with Crippen LogP contribution in [-0.4, -0.2) is 33.4 Å². The highest BCUT2D eigenvalue weighted by atomic mass is 28.2. The number of quaternary nitrogens is 1. The first-order chi connectivity index (χ1) is 3.81. The summed E-state index contributed by atoms with van der Waals surface area (Å²) >= 11 is 0. The minimum absolute atomic E-state index is 0.108. The summed E-state index contributed by atoms with van der Waals surface area (Å²) < 4.78 is 11.3. The van der Waals surface area contributed by atoms with Crippen molar-refractivity contribution in [3.8, 4) is 0 Å². The Bertz CT molecular complexity index is 115. The number of hydrogen-bond acceptors (Lipinski definition) is 1. The van der Waals surface area contributed by atoms with E-state index in [-0.39, 0.29) is 5.54 Å². The molecule has 0 aliphatic rings. The Balaban J connectivity index is 4.32. The van der Waals surface area contributed by atoms with Crippen LogP contribution in [0.3, 0.4) is 0 Å². The fourth-order valence-corrected chi connectivity index (χ4v) is 0.474. The molecule has 0 aliphatic heterocycles. The molecule has 0 aromatic carbocycles. The summed E-state index contributed by atoms with van der Waals surface area (Å²) in [5.74, 6) is 0. The molecule has 9 heavy (non-hydrogen) atoms. The fourth-order valence-electron chi connectivity index (χ4n) is 0.158. The van der Waals surface area contributed by atoms with E-state index < -0.39 is 9.57 Å². The SMILES string of the molecule is CC(C)(C)[N+](C)(C)[SiH]=O. The minimum atomic E-state index is -0.726. The summed E-state index contributed by atoms with van der Waals surface area (Å²) in [5.41, 5.74) is 0.108. The lowest BCUT2D eigenvalue weighted by Crippen LogP contribution is -2.53. The molecule has 0 saturated carbocycles. The molecule has 0 radical (unpaired) electrons.